The molecular weight excluding hydrogens is 264 g/mol. The van der Waals surface area contributed by atoms with Crippen LogP contribution in [0.25, 0.3) is 0 Å². The summed E-state index contributed by atoms with van der Waals surface area (Å²) in [4.78, 5) is 15.2. The minimum absolute atomic E-state index is 0.139. The molecule has 2 rings (SSSR count). The first-order valence-corrected chi connectivity index (χ1v) is 5.94. The van der Waals surface area contributed by atoms with Gasteiger partial charge in [0.2, 0.25) is 0 Å². The molecule has 0 saturated carbocycles. The van der Waals surface area contributed by atoms with E-state index in [0.29, 0.717) is 22.2 Å². The fourth-order valence-corrected chi connectivity index (χ4v) is 1.73. The third-order valence-corrected chi connectivity index (χ3v) is 2.88. The number of halogens is 1. The number of hydrogen-bond donors (Lipinski definition) is 3. The summed E-state index contributed by atoms with van der Waals surface area (Å²) in [6.45, 7) is 1.94. The Hall–Kier alpha value is -2.27. The molecule has 0 atom stereocenters. The fraction of sp³-hybridized carbons (Fsp3) is 0.0769. The van der Waals surface area contributed by atoms with Crippen LogP contribution in [0.2, 0.25) is 5.02 Å². The molecule has 5 N–H and O–H groups in total. The van der Waals surface area contributed by atoms with Crippen LogP contribution >= 0.6 is 11.6 Å². The molecule has 6 heteroatoms. The van der Waals surface area contributed by atoms with E-state index in [1.165, 1.54) is 6.07 Å². The predicted molar refractivity (Wildman–Crippen MR) is 76.6 cm³/mol. The van der Waals surface area contributed by atoms with Crippen LogP contribution in [-0.4, -0.2) is 10.9 Å². The Labute approximate surface area is 115 Å². The highest BCUT2D eigenvalue weighted by atomic mass is 35.5. The molecule has 1 aromatic heterocycles. The molecule has 1 heterocycles. The second kappa shape index (κ2) is 5.16. The van der Waals surface area contributed by atoms with E-state index >= 15 is 0 Å². The largest absolute Gasteiger partial charge is 0.396 e. The van der Waals surface area contributed by atoms with Crippen LogP contribution < -0.4 is 16.8 Å². The van der Waals surface area contributed by atoms with Gasteiger partial charge >= 0.3 is 0 Å². The zero-order chi connectivity index (χ0) is 14.0. The number of aromatic nitrogens is 1. The number of anilines is 3. The van der Waals surface area contributed by atoms with Crippen LogP contribution in [-0.2, 0) is 0 Å². The van der Waals surface area contributed by atoms with E-state index in [-0.39, 0.29) is 5.69 Å². The summed E-state index contributed by atoms with van der Waals surface area (Å²) in [5.41, 5.74) is 13.2. The first-order valence-electron chi connectivity index (χ1n) is 5.57. The van der Waals surface area contributed by atoms with Crippen molar-refractivity contribution in [3.63, 3.8) is 0 Å². The van der Waals surface area contributed by atoms with E-state index < -0.39 is 5.91 Å². The van der Waals surface area contributed by atoms with E-state index in [4.69, 9.17) is 23.1 Å². The lowest BCUT2D eigenvalue weighted by Crippen LogP contribution is -2.14. The number of carbonyl (C=O) groups is 1. The summed E-state index contributed by atoms with van der Waals surface area (Å²) in [5.74, 6) is -0.262. The lowest BCUT2D eigenvalue weighted by molar-refractivity contribution is 0.0996. The van der Waals surface area contributed by atoms with Crippen LogP contribution in [0.3, 0.4) is 0 Å². The average molecular weight is 277 g/mol. The van der Waals surface area contributed by atoms with Crippen molar-refractivity contribution in [3.05, 3.63) is 46.6 Å². The van der Waals surface area contributed by atoms with Gasteiger partial charge in [-0.25, -0.2) is 4.98 Å². The SMILES string of the molecule is Cc1ccc(Cl)c(Nc2nc(C(N)=O)ccc2N)c1. The maximum atomic E-state index is 11.1. The van der Waals surface area contributed by atoms with Gasteiger partial charge in [0, 0.05) is 0 Å². The number of benzene rings is 1. The zero-order valence-corrected chi connectivity index (χ0v) is 11.0. The molecule has 1 aromatic carbocycles. The number of nitrogens with two attached hydrogens (primary N) is 2. The Morgan fingerprint density at radius 3 is 2.74 bits per heavy atom. The molecule has 19 heavy (non-hydrogen) atoms. The van der Waals surface area contributed by atoms with Crippen molar-refractivity contribution in [2.45, 2.75) is 6.92 Å². The highest BCUT2D eigenvalue weighted by molar-refractivity contribution is 6.33. The second-order valence-electron chi connectivity index (χ2n) is 4.11. The van der Waals surface area contributed by atoms with Gasteiger partial charge in [-0.1, -0.05) is 17.7 Å². The number of nitrogen functional groups attached to an aromatic ring is 1. The van der Waals surface area contributed by atoms with Gasteiger partial charge in [0.15, 0.2) is 5.82 Å². The minimum Gasteiger partial charge on any atom is -0.396 e. The van der Waals surface area contributed by atoms with Crippen LogP contribution in [0.4, 0.5) is 17.2 Å². The number of nitrogens with one attached hydrogen (secondary N) is 1. The molecule has 2 aromatic rings. The van der Waals surface area contributed by atoms with Crippen molar-refractivity contribution in [3.8, 4) is 0 Å². The molecular formula is C13H13ClN4O. The number of amides is 1. The topological polar surface area (TPSA) is 94.0 Å². The van der Waals surface area contributed by atoms with E-state index in [0.717, 1.165) is 5.56 Å². The third-order valence-electron chi connectivity index (χ3n) is 2.55. The number of pyridine rings is 1. The number of hydrogen-bond acceptors (Lipinski definition) is 4. The summed E-state index contributed by atoms with van der Waals surface area (Å²) in [7, 11) is 0. The van der Waals surface area contributed by atoms with Crippen LogP contribution in [0, 0.1) is 6.92 Å². The van der Waals surface area contributed by atoms with Crippen LogP contribution in [0.1, 0.15) is 16.1 Å². The summed E-state index contributed by atoms with van der Waals surface area (Å²) < 4.78 is 0. The number of carbonyl (C=O) groups excluding carboxylic acids is 1. The molecule has 98 valence electrons. The molecule has 0 aliphatic heterocycles. The van der Waals surface area contributed by atoms with E-state index in [2.05, 4.69) is 10.3 Å². The first kappa shape index (κ1) is 13.2. The molecule has 0 saturated heterocycles. The van der Waals surface area contributed by atoms with E-state index in [1.54, 1.807) is 12.1 Å². The monoisotopic (exact) mass is 276 g/mol. The summed E-state index contributed by atoms with van der Waals surface area (Å²) in [6, 6.07) is 8.57. The summed E-state index contributed by atoms with van der Waals surface area (Å²) in [5, 5.41) is 3.54. The lowest BCUT2D eigenvalue weighted by Gasteiger charge is -2.11. The summed E-state index contributed by atoms with van der Waals surface area (Å²) in [6.07, 6.45) is 0. The highest BCUT2D eigenvalue weighted by Crippen LogP contribution is 2.28. The van der Waals surface area contributed by atoms with Gasteiger partial charge in [0.05, 0.1) is 16.4 Å². The molecule has 0 fully saturated rings. The Balaban J connectivity index is 2.40. The zero-order valence-electron chi connectivity index (χ0n) is 10.3. The van der Waals surface area contributed by atoms with Gasteiger partial charge in [-0.3, -0.25) is 4.79 Å². The second-order valence-corrected chi connectivity index (χ2v) is 4.51. The number of primary amides is 1. The lowest BCUT2D eigenvalue weighted by atomic mass is 10.2. The average Bonchev–Trinajstić information content (AvgIpc) is 2.36. The quantitative estimate of drug-likeness (QED) is 0.803. The number of rotatable bonds is 3. The third kappa shape index (κ3) is 2.95. The van der Waals surface area contributed by atoms with Crippen molar-refractivity contribution < 1.29 is 4.79 Å². The van der Waals surface area contributed by atoms with E-state index in [9.17, 15) is 4.79 Å². The maximum absolute atomic E-state index is 11.1. The normalized spacial score (nSPS) is 10.2. The molecule has 0 spiro atoms. The number of nitrogens with zero attached hydrogens (tertiary/aromatic N) is 1. The van der Waals surface area contributed by atoms with Crippen molar-refractivity contribution in [1.82, 2.24) is 4.98 Å². The molecule has 1 amide bonds. The molecule has 0 radical (unpaired) electrons. The highest BCUT2D eigenvalue weighted by Gasteiger charge is 2.09. The van der Waals surface area contributed by atoms with Crippen molar-refractivity contribution in [2.75, 3.05) is 11.1 Å². The van der Waals surface area contributed by atoms with Gasteiger partial charge in [-0.15, -0.1) is 0 Å². The molecule has 0 unspecified atom stereocenters. The Kier molecular flexibility index (Phi) is 3.57. The molecule has 0 aliphatic rings. The maximum Gasteiger partial charge on any atom is 0.267 e. The molecule has 5 nitrogen and oxygen atoms in total. The van der Waals surface area contributed by atoms with Gasteiger partial charge in [-0.2, -0.15) is 0 Å². The van der Waals surface area contributed by atoms with Gasteiger partial charge in [0.25, 0.3) is 5.91 Å². The smallest absolute Gasteiger partial charge is 0.267 e. The first-order chi connectivity index (χ1) is 8.97. The predicted octanol–water partition coefficient (Wildman–Crippen LogP) is 2.47. The van der Waals surface area contributed by atoms with Crippen molar-refractivity contribution >= 4 is 34.7 Å². The summed E-state index contributed by atoms with van der Waals surface area (Å²) >= 11 is 6.08. The van der Waals surface area contributed by atoms with Crippen LogP contribution in [0.5, 0.6) is 0 Å². The Morgan fingerprint density at radius 1 is 1.32 bits per heavy atom. The van der Waals surface area contributed by atoms with Gasteiger partial charge in [-0.05, 0) is 36.8 Å². The van der Waals surface area contributed by atoms with E-state index in [1.807, 2.05) is 19.1 Å². The Bertz CT molecular complexity index is 643. The standard InChI is InChI=1S/C13H13ClN4O/c1-7-2-3-8(14)11(6-7)18-13-9(15)4-5-10(17-13)12(16)19/h2-6H,15H2,1H3,(H2,16,19)(H,17,18). The van der Waals surface area contributed by atoms with Gasteiger partial charge < -0.3 is 16.8 Å². The van der Waals surface area contributed by atoms with Crippen molar-refractivity contribution in [1.29, 1.82) is 0 Å². The molecule has 0 aliphatic carbocycles. The number of aryl methyl sites for hydroxylation is 1. The van der Waals surface area contributed by atoms with Gasteiger partial charge in [0.1, 0.15) is 5.69 Å². The molecule has 0 bridgehead atoms. The Morgan fingerprint density at radius 2 is 2.05 bits per heavy atom. The minimum atomic E-state index is -0.613. The van der Waals surface area contributed by atoms with Crippen molar-refractivity contribution in [2.24, 2.45) is 5.73 Å². The van der Waals surface area contributed by atoms with Crippen LogP contribution in [0.15, 0.2) is 30.3 Å². The fourth-order valence-electron chi connectivity index (χ4n) is 1.57.